The molecule has 1 N–H and O–H groups in total. The van der Waals surface area contributed by atoms with Gasteiger partial charge in [0, 0.05) is 58.2 Å². The smallest absolute Gasteiger partial charge is 0.220 e. The molecule has 1 aromatic carbocycles. The highest BCUT2D eigenvalue weighted by atomic mass is 16.1. The Morgan fingerprint density at radius 2 is 1.86 bits per heavy atom. The number of anilines is 1. The van der Waals surface area contributed by atoms with Crippen LogP contribution in [-0.4, -0.2) is 88.4 Å². The molecule has 186 valence electrons. The zero-order chi connectivity index (χ0) is 24.2. The maximum absolute atomic E-state index is 12.6. The lowest BCUT2D eigenvalue weighted by molar-refractivity contribution is -0.121. The van der Waals surface area contributed by atoms with Gasteiger partial charge in [-0.1, -0.05) is 30.3 Å². The van der Waals surface area contributed by atoms with Crippen LogP contribution in [0.25, 0.3) is 5.65 Å². The minimum atomic E-state index is 0.0616. The first-order chi connectivity index (χ1) is 17.1. The number of amides is 1. The fourth-order valence-electron chi connectivity index (χ4n) is 5.08. The van der Waals surface area contributed by atoms with Crippen molar-refractivity contribution in [3.05, 3.63) is 53.9 Å². The van der Waals surface area contributed by atoms with Crippen LogP contribution >= 0.6 is 0 Å². The lowest BCUT2D eigenvalue weighted by atomic mass is 10.1. The molecule has 2 fully saturated rings. The zero-order valence-electron chi connectivity index (χ0n) is 20.8. The number of nitrogens with one attached hydrogen (secondary N) is 1. The molecular formula is C26H36N8O. The van der Waals surface area contributed by atoms with Crippen LogP contribution in [0.5, 0.6) is 0 Å². The van der Waals surface area contributed by atoms with Gasteiger partial charge in [0.15, 0.2) is 11.5 Å². The summed E-state index contributed by atoms with van der Waals surface area (Å²) in [4.78, 5) is 19.7. The normalized spacial score (nSPS) is 20.4. The lowest BCUT2D eigenvalue weighted by Crippen LogP contribution is -2.45. The van der Waals surface area contributed by atoms with Crippen LogP contribution in [0.4, 0.5) is 5.82 Å². The van der Waals surface area contributed by atoms with Crippen LogP contribution in [0, 0.1) is 5.92 Å². The van der Waals surface area contributed by atoms with Crippen molar-refractivity contribution in [3.8, 4) is 0 Å². The number of likely N-dealkylation sites (N-methyl/N-ethyl adjacent to an activating group) is 1. The molecule has 3 aromatic rings. The SMILES string of the molecule is C[C@H](c1ccccc1)N1CC[C@H](CNC(=O)CCc2nnc3ccc(N4CCN(C)CC4)nn23)C1. The van der Waals surface area contributed by atoms with E-state index in [1.54, 1.807) is 4.52 Å². The van der Waals surface area contributed by atoms with Gasteiger partial charge in [-0.05, 0) is 50.6 Å². The van der Waals surface area contributed by atoms with Gasteiger partial charge in [0.1, 0.15) is 5.82 Å². The molecule has 2 atom stereocenters. The molecule has 2 aliphatic heterocycles. The van der Waals surface area contributed by atoms with Gasteiger partial charge in [0.2, 0.25) is 5.91 Å². The molecule has 2 aliphatic rings. The maximum Gasteiger partial charge on any atom is 0.220 e. The van der Waals surface area contributed by atoms with Crippen LogP contribution in [0.15, 0.2) is 42.5 Å². The van der Waals surface area contributed by atoms with Gasteiger partial charge in [0.05, 0.1) is 0 Å². The van der Waals surface area contributed by atoms with Gasteiger partial charge in [-0.25, -0.2) is 0 Å². The molecule has 2 saturated heterocycles. The van der Waals surface area contributed by atoms with Gasteiger partial charge in [-0.15, -0.1) is 15.3 Å². The number of benzene rings is 1. The van der Waals surface area contributed by atoms with E-state index in [2.05, 4.69) is 74.5 Å². The van der Waals surface area contributed by atoms with Crippen LogP contribution in [-0.2, 0) is 11.2 Å². The molecule has 0 unspecified atom stereocenters. The summed E-state index contributed by atoms with van der Waals surface area (Å²) >= 11 is 0. The highest BCUT2D eigenvalue weighted by Crippen LogP contribution is 2.27. The highest BCUT2D eigenvalue weighted by molar-refractivity contribution is 5.76. The van der Waals surface area contributed by atoms with Crippen molar-refractivity contribution in [2.75, 3.05) is 57.8 Å². The van der Waals surface area contributed by atoms with E-state index in [4.69, 9.17) is 5.10 Å². The van der Waals surface area contributed by atoms with Gasteiger partial charge in [0.25, 0.3) is 0 Å². The molecule has 35 heavy (non-hydrogen) atoms. The number of fused-ring (bicyclic) bond motifs is 1. The van der Waals surface area contributed by atoms with Gasteiger partial charge >= 0.3 is 0 Å². The van der Waals surface area contributed by atoms with E-state index in [-0.39, 0.29) is 5.91 Å². The molecule has 5 rings (SSSR count). The summed E-state index contributed by atoms with van der Waals surface area (Å²) < 4.78 is 1.79. The first-order valence-corrected chi connectivity index (χ1v) is 12.8. The van der Waals surface area contributed by atoms with E-state index in [0.717, 1.165) is 69.5 Å². The van der Waals surface area contributed by atoms with E-state index in [1.807, 2.05) is 12.1 Å². The number of carbonyl (C=O) groups excluding carboxylic acids is 1. The molecule has 1 amide bonds. The first-order valence-electron chi connectivity index (χ1n) is 12.8. The third-order valence-electron chi connectivity index (χ3n) is 7.45. The Balaban J connectivity index is 1.10. The number of carbonyl (C=O) groups is 1. The number of piperazine rings is 1. The summed E-state index contributed by atoms with van der Waals surface area (Å²) in [6, 6.07) is 15.0. The molecule has 0 spiro atoms. The predicted molar refractivity (Wildman–Crippen MR) is 136 cm³/mol. The van der Waals surface area contributed by atoms with Crippen LogP contribution in [0.3, 0.4) is 0 Å². The summed E-state index contributed by atoms with van der Waals surface area (Å²) in [5.74, 6) is 2.22. The zero-order valence-corrected chi connectivity index (χ0v) is 20.8. The molecule has 9 nitrogen and oxygen atoms in total. The van der Waals surface area contributed by atoms with Crippen molar-refractivity contribution >= 4 is 17.4 Å². The van der Waals surface area contributed by atoms with Crippen molar-refractivity contribution in [2.24, 2.45) is 5.92 Å². The van der Waals surface area contributed by atoms with E-state index in [1.165, 1.54) is 5.56 Å². The van der Waals surface area contributed by atoms with E-state index >= 15 is 0 Å². The molecule has 0 aliphatic carbocycles. The molecular weight excluding hydrogens is 440 g/mol. The topological polar surface area (TPSA) is 81.9 Å². The van der Waals surface area contributed by atoms with Gasteiger partial charge in [-0.2, -0.15) is 4.52 Å². The second kappa shape index (κ2) is 10.7. The summed E-state index contributed by atoms with van der Waals surface area (Å²) in [6.07, 6.45) is 2.03. The fourth-order valence-corrected chi connectivity index (χ4v) is 5.08. The number of aromatic nitrogens is 4. The highest BCUT2D eigenvalue weighted by Gasteiger charge is 2.27. The largest absolute Gasteiger partial charge is 0.356 e. The molecule has 0 saturated carbocycles. The van der Waals surface area contributed by atoms with Crippen LogP contribution < -0.4 is 10.2 Å². The third-order valence-corrected chi connectivity index (χ3v) is 7.45. The quantitative estimate of drug-likeness (QED) is 0.533. The van der Waals surface area contributed by atoms with Crippen molar-refractivity contribution in [1.82, 2.24) is 34.9 Å². The second-order valence-electron chi connectivity index (χ2n) is 9.91. The minimum absolute atomic E-state index is 0.0616. The Labute approximate surface area is 207 Å². The average Bonchev–Trinajstić information content (AvgIpc) is 3.53. The predicted octanol–water partition coefficient (Wildman–Crippen LogP) is 2.01. The molecule has 4 heterocycles. The van der Waals surface area contributed by atoms with E-state index in [0.29, 0.717) is 24.8 Å². The number of nitrogens with zero attached hydrogens (tertiary/aromatic N) is 7. The summed E-state index contributed by atoms with van der Waals surface area (Å²) in [5, 5.41) is 16.5. The van der Waals surface area contributed by atoms with Crippen molar-refractivity contribution in [1.29, 1.82) is 0 Å². The minimum Gasteiger partial charge on any atom is -0.356 e. The number of hydrogen-bond donors (Lipinski definition) is 1. The van der Waals surface area contributed by atoms with Gasteiger partial charge < -0.3 is 15.1 Å². The second-order valence-corrected chi connectivity index (χ2v) is 9.91. The van der Waals surface area contributed by atoms with E-state index < -0.39 is 0 Å². The van der Waals surface area contributed by atoms with E-state index in [9.17, 15) is 4.79 Å². The number of hydrogen-bond acceptors (Lipinski definition) is 7. The monoisotopic (exact) mass is 476 g/mol. The Hall–Kier alpha value is -3.04. The first kappa shape index (κ1) is 23.7. The Morgan fingerprint density at radius 1 is 1.06 bits per heavy atom. The standard InChI is InChI=1S/C26H36N8O/c1-20(22-6-4-3-5-7-22)33-13-12-21(19-33)18-27-26(35)11-10-24-29-28-23-8-9-25(30-34(23)24)32-16-14-31(2)15-17-32/h3-9,20-21H,10-19H2,1-2H3,(H,27,35)/t20-,21-/m1/s1. The van der Waals surface area contributed by atoms with Gasteiger partial charge in [-0.3, -0.25) is 9.69 Å². The summed E-state index contributed by atoms with van der Waals surface area (Å²) in [7, 11) is 2.14. The Kier molecular flexibility index (Phi) is 7.24. The average molecular weight is 477 g/mol. The Morgan fingerprint density at radius 3 is 2.66 bits per heavy atom. The molecule has 0 radical (unpaired) electrons. The molecule has 9 heteroatoms. The maximum atomic E-state index is 12.6. The van der Waals surface area contributed by atoms with Crippen LogP contribution in [0.1, 0.15) is 37.2 Å². The van der Waals surface area contributed by atoms with Crippen molar-refractivity contribution in [2.45, 2.75) is 32.2 Å². The lowest BCUT2D eigenvalue weighted by Gasteiger charge is -2.33. The Bertz CT molecular complexity index is 1120. The fraction of sp³-hybridized carbons (Fsp3) is 0.538. The number of likely N-dealkylation sites (tertiary alicyclic amines) is 1. The number of rotatable bonds is 8. The van der Waals surface area contributed by atoms with Crippen molar-refractivity contribution < 1.29 is 4.79 Å². The van der Waals surface area contributed by atoms with Crippen LogP contribution in [0.2, 0.25) is 0 Å². The number of aryl methyl sites for hydroxylation is 1. The third kappa shape index (κ3) is 5.62. The summed E-state index contributed by atoms with van der Waals surface area (Å²) in [6.45, 7) is 9.05. The molecule has 2 aromatic heterocycles. The molecule has 0 bridgehead atoms. The summed E-state index contributed by atoms with van der Waals surface area (Å²) in [5.41, 5.74) is 2.07. The van der Waals surface area contributed by atoms with Crippen molar-refractivity contribution in [3.63, 3.8) is 0 Å².